The number of hydrogen-bond donors (Lipinski definition) is 2. The van der Waals surface area contributed by atoms with Crippen LogP contribution in [0.5, 0.6) is 0 Å². The second kappa shape index (κ2) is 8.62. The molecule has 0 spiro atoms. The first kappa shape index (κ1) is 22.2. The molecule has 0 amide bonds. The number of nitrogens with one attached hydrogen (secondary N) is 1. The molecule has 1 saturated heterocycles. The van der Waals surface area contributed by atoms with Gasteiger partial charge in [0.1, 0.15) is 11.3 Å². The summed E-state index contributed by atoms with van der Waals surface area (Å²) in [6.07, 6.45) is 2.91. The van der Waals surface area contributed by atoms with Gasteiger partial charge in [0, 0.05) is 61.1 Å². The summed E-state index contributed by atoms with van der Waals surface area (Å²) >= 11 is 0. The molecule has 1 aliphatic rings. The molecule has 1 aliphatic heterocycles. The van der Waals surface area contributed by atoms with Gasteiger partial charge in [0.05, 0.1) is 4.90 Å². The van der Waals surface area contributed by atoms with E-state index in [1.807, 2.05) is 30.3 Å². The van der Waals surface area contributed by atoms with Crippen molar-refractivity contribution >= 4 is 44.1 Å². The summed E-state index contributed by atoms with van der Waals surface area (Å²) in [7, 11) is -1.32. The number of nitrogen functional groups attached to an aromatic ring is 1. The summed E-state index contributed by atoms with van der Waals surface area (Å²) in [5, 5.41) is 3.17. The number of benzene rings is 2. The third-order valence-electron chi connectivity index (χ3n) is 5.95. The fraction of sp³-hybridized carbons (Fsp3) is 0.250. The molecule has 0 saturated carbocycles. The van der Waals surface area contributed by atoms with Crippen LogP contribution in [0, 0.1) is 0 Å². The molecular formula is C24H26N6O3S. The van der Waals surface area contributed by atoms with Crippen LogP contribution in [0.15, 0.2) is 64.0 Å². The Hall–Kier alpha value is -3.63. The summed E-state index contributed by atoms with van der Waals surface area (Å²) in [4.78, 5) is 13.4. The van der Waals surface area contributed by atoms with Crippen molar-refractivity contribution in [3.05, 3.63) is 54.7 Å². The molecule has 0 bridgehead atoms. The second-order valence-corrected chi connectivity index (χ2v) is 10.6. The molecule has 4 aromatic rings. The van der Waals surface area contributed by atoms with Crippen LogP contribution in [0.1, 0.15) is 0 Å². The maximum atomic E-state index is 12.4. The van der Waals surface area contributed by atoms with Crippen molar-refractivity contribution in [1.29, 1.82) is 0 Å². The average Bonchev–Trinajstić information content (AvgIpc) is 3.22. The summed E-state index contributed by atoms with van der Waals surface area (Å²) in [5.41, 5.74) is 10.1. The van der Waals surface area contributed by atoms with E-state index in [0.717, 1.165) is 43.0 Å². The molecule has 176 valence electrons. The minimum absolute atomic E-state index is 0.246. The van der Waals surface area contributed by atoms with Gasteiger partial charge in [-0.3, -0.25) is 0 Å². The van der Waals surface area contributed by atoms with E-state index >= 15 is 0 Å². The lowest BCUT2D eigenvalue weighted by Gasteiger charge is -2.34. The van der Waals surface area contributed by atoms with Crippen LogP contribution < -0.4 is 16.0 Å². The van der Waals surface area contributed by atoms with Crippen molar-refractivity contribution in [3.63, 3.8) is 0 Å². The number of hydrogen-bond acceptors (Lipinski definition) is 9. The van der Waals surface area contributed by atoms with Crippen molar-refractivity contribution in [1.82, 2.24) is 14.9 Å². The third kappa shape index (κ3) is 4.55. The molecule has 0 unspecified atom stereocenters. The SMILES string of the molecule is CN1CCN(c2cc(Nc3nc4cccc(-c5ccc(N)nc5)c4o3)cc(S(C)(=O)=O)c2)CC1. The fourth-order valence-corrected chi connectivity index (χ4v) is 4.71. The van der Waals surface area contributed by atoms with Crippen molar-refractivity contribution in [3.8, 4) is 11.1 Å². The predicted octanol–water partition coefficient (Wildman–Crippen LogP) is 3.37. The highest BCUT2D eigenvalue weighted by atomic mass is 32.2. The van der Waals surface area contributed by atoms with Gasteiger partial charge in [0.15, 0.2) is 15.4 Å². The Kier molecular flexibility index (Phi) is 5.62. The Bertz CT molecular complexity index is 1440. The fourth-order valence-electron chi connectivity index (χ4n) is 4.03. The first-order valence-corrected chi connectivity index (χ1v) is 12.8. The van der Waals surface area contributed by atoms with Gasteiger partial charge in [-0.15, -0.1) is 0 Å². The van der Waals surface area contributed by atoms with Crippen LogP contribution >= 0.6 is 0 Å². The normalized spacial score (nSPS) is 15.1. The number of nitrogens with two attached hydrogens (primary N) is 1. The predicted molar refractivity (Wildman–Crippen MR) is 134 cm³/mol. The first-order valence-electron chi connectivity index (χ1n) is 10.9. The van der Waals surface area contributed by atoms with E-state index in [9.17, 15) is 8.42 Å². The molecule has 9 nitrogen and oxygen atoms in total. The number of pyridine rings is 1. The van der Waals surface area contributed by atoms with Gasteiger partial charge in [0.2, 0.25) is 0 Å². The number of fused-ring (bicyclic) bond motifs is 1. The van der Waals surface area contributed by atoms with E-state index in [2.05, 4.69) is 32.1 Å². The Morgan fingerprint density at radius 3 is 2.56 bits per heavy atom. The maximum absolute atomic E-state index is 12.4. The number of para-hydroxylation sites is 1. The van der Waals surface area contributed by atoms with Gasteiger partial charge in [-0.25, -0.2) is 13.4 Å². The highest BCUT2D eigenvalue weighted by molar-refractivity contribution is 7.90. The molecular weight excluding hydrogens is 452 g/mol. The highest BCUT2D eigenvalue weighted by Crippen LogP contribution is 2.33. The van der Waals surface area contributed by atoms with Crippen LogP contribution in [-0.2, 0) is 9.84 Å². The number of aromatic nitrogens is 2. The lowest BCUT2D eigenvalue weighted by molar-refractivity contribution is 0.313. The van der Waals surface area contributed by atoms with Crippen LogP contribution in [-0.4, -0.2) is 62.8 Å². The number of nitrogens with zero attached hydrogens (tertiary/aromatic N) is 4. The minimum atomic E-state index is -3.41. The molecule has 0 aliphatic carbocycles. The number of sulfone groups is 1. The number of likely N-dealkylation sites (N-methyl/N-ethyl adjacent to an activating group) is 1. The van der Waals surface area contributed by atoms with Crippen LogP contribution in [0.25, 0.3) is 22.2 Å². The van der Waals surface area contributed by atoms with E-state index < -0.39 is 9.84 Å². The number of piperazine rings is 1. The smallest absolute Gasteiger partial charge is 0.300 e. The third-order valence-corrected chi connectivity index (χ3v) is 7.04. The molecule has 34 heavy (non-hydrogen) atoms. The Morgan fingerprint density at radius 1 is 1.06 bits per heavy atom. The van der Waals surface area contributed by atoms with Gasteiger partial charge < -0.3 is 25.3 Å². The van der Waals surface area contributed by atoms with Gasteiger partial charge in [0.25, 0.3) is 6.01 Å². The molecule has 0 radical (unpaired) electrons. The van der Waals surface area contributed by atoms with E-state index in [1.165, 1.54) is 6.26 Å². The van der Waals surface area contributed by atoms with Crippen molar-refractivity contribution in [2.24, 2.45) is 0 Å². The Morgan fingerprint density at radius 2 is 1.85 bits per heavy atom. The molecule has 3 heterocycles. The second-order valence-electron chi connectivity index (χ2n) is 8.55. The molecule has 1 fully saturated rings. The molecule has 5 rings (SSSR count). The van der Waals surface area contributed by atoms with E-state index in [1.54, 1.807) is 24.4 Å². The lowest BCUT2D eigenvalue weighted by atomic mass is 10.1. The standard InChI is InChI=1S/C24H26N6O3S/c1-29-8-10-30(11-9-29)18-12-17(13-19(14-18)34(2,31)32)27-24-28-21-5-3-4-20(23(21)33-24)16-6-7-22(25)26-15-16/h3-7,12-15H,8-11H2,1-2H3,(H2,25,26)(H,27,28). The molecule has 2 aromatic heterocycles. The topological polar surface area (TPSA) is 118 Å². The average molecular weight is 479 g/mol. The number of anilines is 4. The summed E-state index contributed by atoms with van der Waals surface area (Å²) in [6.45, 7) is 3.48. The van der Waals surface area contributed by atoms with Gasteiger partial charge in [-0.2, -0.15) is 4.98 Å². The van der Waals surface area contributed by atoms with Crippen molar-refractivity contribution in [2.45, 2.75) is 4.90 Å². The largest absolute Gasteiger partial charge is 0.423 e. The van der Waals surface area contributed by atoms with Gasteiger partial charge in [-0.05, 0) is 43.4 Å². The van der Waals surface area contributed by atoms with Crippen LogP contribution in [0.2, 0.25) is 0 Å². The zero-order valence-electron chi connectivity index (χ0n) is 19.0. The van der Waals surface area contributed by atoms with Crippen LogP contribution in [0.3, 0.4) is 0 Å². The Labute approximate surface area is 198 Å². The van der Waals surface area contributed by atoms with E-state index in [0.29, 0.717) is 22.6 Å². The molecule has 2 aromatic carbocycles. The first-order chi connectivity index (χ1) is 16.3. The maximum Gasteiger partial charge on any atom is 0.300 e. The van der Waals surface area contributed by atoms with Crippen LogP contribution in [0.4, 0.5) is 23.2 Å². The number of rotatable bonds is 5. The molecule has 0 atom stereocenters. The minimum Gasteiger partial charge on any atom is -0.423 e. The number of oxazole rings is 1. The van der Waals surface area contributed by atoms with Crippen molar-refractivity contribution in [2.75, 3.05) is 55.4 Å². The molecule has 10 heteroatoms. The lowest BCUT2D eigenvalue weighted by Crippen LogP contribution is -2.44. The quantitative estimate of drug-likeness (QED) is 0.445. The molecule has 3 N–H and O–H groups in total. The summed E-state index contributed by atoms with van der Waals surface area (Å²) < 4.78 is 30.8. The summed E-state index contributed by atoms with van der Waals surface area (Å²) in [6, 6.07) is 14.8. The van der Waals surface area contributed by atoms with Crippen molar-refractivity contribution < 1.29 is 12.8 Å². The summed E-state index contributed by atoms with van der Waals surface area (Å²) in [5.74, 6) is 0.442. The zero-order valence-corrected chi connectivity index (χ0v) is 19.8. The van der Waals surface area contributed by atoms with E-state index in [4.69, 9.17) is 10.2 Å². The highest BCUT2D eigenvalue weighted by Gasteiger charge is 2.19. The zero-order chi connectivity index (χ0) is 23.9. The monoisotopic (exact) mass is 478 g/mol. The van der Waals surface area contributed by atoms with Gasteiger partial charge >= 0.3 is 0 Å². The Balaban J connectivity index is 1.51. The van der Waals surface area contributed by atoms with Gasteiger partial charge in [-0.1, -0.05) is 12.1 Å². The van der Waals surface area contributed by atoms with E-state index in [-0.39, 0.29) is 10.9 Å².